The van der Waals surface area contributed by atoms with Gasteiger partial charge >= 0.3 is 5.97 Å². The van der Waals surface area contributed by atoms with Crippen LogP contribution in [0.4, 0.5) is 0 Å². The number of likely N-dealkylation sites (tertiary alicyclic amines) is 1. The number of nitrogens with zero attached hydrogens (tertiary/aromatic N) is 2. The summed E-state index contributed by atoms with van der Waals surface area (Å²) in [6.07, 6.45) is 2.57. The fourth-order valence-electron chi connectivity index (χ4n) is 4.53. The average Bonchev–Trinajstić information content (AvgIpc) is 3.42. The summed E-state index contributed by atoms with van der Waals surface area (Å²) >= 11 is 0. The van der Waals surface area contributed by atoms with Gasteiger partial charge in [-0.05, 0) is 72.8 Å². The van der Waals surface area contributed by atoms with Gasteiger partial charge in [-0.1, -0.05) is 48.5 Å². The molecular formula is C26H25N3O2. The first-order valence-corrected chi connectivity index (χ1v) is 10.7. The smallest absolute Gasteiger partial charge is 0.337 e. The predicted octanol–water partition coefficient (Wildman–Crippen LogP) is 5.50. The molecule has 5 nitrogen and oxygen atoms in total. The Hall–Kier alpha value is -3.44. The van der Waals surface area contributed by atoms with E-state index in [1.807, 2.05) is 13.0 Å². The molecule has 1 saturated heterocycles. The Morgan fingerprint density at radius 3 is 2.45 bits per heavy atom. The summed E-state index contributed by atoms with van der Waals surface area (Å²) in [7, 11) is 0. The van der Waals surface area contributed by atoms with Crippen LogP contribution in [0.15, 0.2) is 60.7 Å². The second kappa shape index (κ2) is 8.00. The molecular weight excluding hydrogens is 386 g/mol. The van der Waals surface area contributed by atoms with Crippen molar-refractivity contribution in [2.24, 2.45) is 0 Å². The number of carboxylic acid groups (broad SMARTS) is 1. The van der Waals surface area contributed by atoms with Crippen molar-refractivity contribution in [2.45, 2.75) is 26.3 Å². The fourth-order valence-corrected chi connectivity index (χ4v) is 4.53. The number of benzene rings is 3. The zero-order valence-corrected chi connectivity index (χ0v) is 17.6. The summed E-state index contributed by atoms with van der Waals surface area (Å²) in [5.41, 5.74) is 7.09. The van der Waals surface area contributed by atoms with Gasteiger partial charge in [-0.25, -0.2) is 9.78 Å². The Balaban J connectivity index is 1.49. The number of carbonyl (C=O) groups is 1. The standard InChI is InChI=1S/C26H25N3O2/c1-17-27-24-15-21(14-23(26(30)31)25(24)28-17)18-8-10-19(11-9-18)22-7-3-2-6-20(22)16-29-12-4-5-13-29/h2-3,6-11,14-15H,4-5,12-13,16H2,1H3,(H,27,28)(H,30,31). The van der Waals surface area contributed by atoms with Crippen LogP contribution in [0.25, 0.3) is 33.3 Å². The number of H-pyrrole nitrogens is 1. The fraction of sp³-hybridized carbons (Fsp3) is 0.231. The van der Waals surface area contributed by atoms with Gasteiger partial charge in [-0.3, -0.25) is 4.90 Å². The number of aromatic carboxylic acids is 1. The van der Waals surface area contributed by atoms with E-state index < -0.39 is 5.97 Å². The minimum atomic E-state index is -0.967. The van der Waals surface area contributed by atoms with Gasteiger partial charge in [0.15, 0.2) is 0 Å². The van der Waals surface area contributed by atoms with Gasteiger partial charge in [0.1, 0.15) is 11.3 Å². The summed E-state index contributed by atoms with van der Waals surface area (Å²) in [5, 5.41) is 9.65. The van der Waals surface area contributed by atoms with E-state index in [-0.39, 0.29) is 5.56 Å². The molecule has 1 aromatic heterocycles. The number of carboxylic acids is 1. The number of aryl methyl sites for hydroxylation is 1. The first-order chi connectivity index (χ1) is 15.1. The van der Waals surface area contributed by atoms with Crippen molar-refractivity contribution < 1.29 is 9.90 Å². The van der Waals surface area contributed by atoms with Gasteiger partial charge in [-0.15, -0.1) is 0 Å². The Kier molecular flexibility index (Phi) is 5.04. The van der Waals surface area contributed by atoms with E-state index in [9.17, 15) is 9.90 Å². The third kappa shape index (κ3) is 3.84. The lowest BCUT2D eigenvalue weighted by Gasteiger charge is -2.18. The van der Waals surface area contributed by atoms with Crippen LogP contribution in [0.2, 0.25) is 0 Å². The third-order valence-corrected chi connectivity index (χ3v) is 6.07. The van der Waals surface area contributed by atoms with Crippen LogP contribution < -0.4 is 0 Å². The largest absolute Gasteiger partial charge is 0.478 e. The quantitative estimate of drug-likeness (QED) is 0.455. The Morgan fingerprint density at radius 1 is 1.00 bits per heavy atom. The van der Waals surface area contributed by atoms with E-state index in [0.29, 0.717) is 11.3 Å². The van der Waals surface area contributed by atoms with Gasteiger partial charge in [0.25, 0.3) is 0 Å². The second-order valence-corrected chi connectivity index (χ2v) is 8.27. The first-order valence-electron chi connectivity index (χ1n) is 10.7. The molecule has 0 aliphatic carbocycles. The maximum absolute atomic E-state index is 11.8. The van der Waals surface area contributed by atoms with E-state index in [4.69, 9.17) is 0 Å². The Bertz CT molecular complexity index is 1250. The van der Waals surface area contributed by atoms with Crippen LogP contribution in [0.5, 0.6) is 0 Å². The third-order valence-electron chi connectivity index (χ3n) is 6.07. The highest BCUT2D eigenvalue weighted by molar-refractivity contribution is 6.03. The number of rotatable bonds is 5. The Labute approximate surface area is 181 Å². The van der Waals surface area contributed by atoms with Gasteiger partial charge in [0, 0.05) is 6.54 Å². The van der Waals surface area contributed by atoms with Gasteiger partial charge in [0.05, 0.1) is 11.1 Å². The summed E-state index contributed by atoms with van der Waals surface area (Å²) in [6.45, 7) is 5.17. The molecule has 5 rings (SSSR count). The molecule has 3 aromatic carbocycles. The van der Waals surface area contributed by atoms with Crippen LogP contribution >= 0.6 is 0 Å². The van der Waals surface area contributed by atoms with Crippen LogP contribution in [-0.4, -0.2) is 39.0 Å². The molecule has 2 heterocycles. The van der Waals surface area contributed by atoms with Crippen LogP contribution in [-0.2, 0) is 6.54 Å². The highest BCUT2D eigenvalue weighted by atomic mass is 16.4. The summed E-state index contributed by atoms with van der Waals surface area (Å²) in [4.78, 5) is 21.8. The molecule has 0 saturated carbocycles. The maximum Gasteiger partial charge on any atom is 0.337 e. The van der Waals surface area contributed by atoms with Crippen molar-refractivity contribution in [1.82, 2.24) is 14.9 Å². The van der Waals surface area contributed by atoms with Crippen molar-refractivity contribution in [1.29, 1.82) is 0 Å². The number of fused-ring (bicyclic) bond motifs is 1. The summed E-state index contributed by atoms with van der Waals surface area (Å²) < 4.78 is 0. The van der Waals surface area contributed by atoms with Crippen molar-refractivity contribution in [3.8, 4) is 22.3 Å². The van der Waals surface area contributed by atoms with E-state index in [1.165, 1.54) is 42.6 Å². The number of nitrogens with one attached hydrogen (secondary N) is 1. The summed E-state index contributed by atoms with van der Waals surface area (Å²) in [6, 6.07) is 20.7. The van der Waals surface area contributed by atoms with Crippen molar-refractivity contribution in [3.63, 3.8) is 0 Å². The molecule has 1 aliphatic rings. The number of aromatic nitrogens is 2. The number of hydrogen-bond acceptors (Lipinski definition) is 3. The van der Waals surface area contributed by atoms with E-state index >= 15 is 0 Å². The maximum atomic E-state index is 11.8. The van der Waals surface area contributed by atoms with Gasteiger partial charge in [0.2, 0.25) is 0 Å². The molecule has 0 spiro atoms. The topological polar surface area (TPSA) is 69.2 Å². The molecule has 4 aromatic rings. The minimum absolute atomic E-state index is 0.219. The van der Waals surface area contributed by atoms with E-state index in [0.717, 1.165) is 23.2 Å². The van der Waals surface area contributed by atoms with Gasteiger partial charge < -0.3 is 10.1 Å². The van der Waals surface area contributed by atoms with Crippen LogP contribution in [0.3, 0.4) is 0 Å². The van der Waals surface area contributed by atoms with Crippen molar-refractivity contribution in [2.75, 3.05) is 13.1 Å². The van der Waals surface area contributed by atoms with Crippen LogP contribution in [0.1, 0.15) is 34.6 Å². The van der Waals surface area contributed by atoms with E-state index in [1.54, 1.807) is 6.07 Å². The normalized spacial score (nSPS) is 14.4. The Morgan fingerprint density at radius 2 is 1.71 bits per heavy atom. The van der Waals surface area contributed by atoms with Crippen molar-refractivity contribution >= 4 is 17.0 Å². The van der Waals surface area contributed by atoms with Crippen molar-refractivity contribution in [3.05, 3.63) is 77.6 Å². The SMILES string of the molecule is Cc1nc2c(C(=O)O)cc(-c3ccc(-c4ccccc4CN4CCCC4)cc3)cc2[nH]1. The average molecular weight is 412 g/mol. The molecule has 0 radical (unpaired) electrons. The molecule has 1 aliphatic heterocycles. The highest BCUT2D eigenvalue weighted by Crippen LogP contribution is 2.31. The van der Waals surface area contributed by atoms with E-state index in [2.05, 4.69) is 63.4 Å². The zero-order chi connectivity index (χ0) is 21.4. The lowest BCUT2D eigenvalue weighted by molar-refractivity contribution is 0.0699. The molecule has 0 unspecified atom stereocenters. The molecule has 5 heteroatoms. The number of hydrogen-bond donors (Lipinski definition) is 2. The molecule has 2 N–H and O–H groups in total. The summed E-state index contributed by atoms with van der Waals surface area (Å²) in [5.74, 6) is -0.259. The minimum Gasteiger partial charge on any atom is -0.478 e. The second-order valence-electron chi connectivity index (χ2n) is 8.27. The van der Waals surface area contributed by atoms with Crippen LogP contribution in [0, 0.1) is 6.92 Å². The number of imidazole rings is 1. The first kappa shape index (κ1) is 19.5. The predicted molar refractivity (Wildman–Crippen MR) is 123 cm³/mol. The molecule has 156 valence electrons. The molecule has 0 amide bonds. The molecule has 0 atom stereocenters. The number of aromatic amines is 1. The van der Waals surface area contributed by atoms with Gasteiger partial charge in [-0.2, -0.15) is 0 Å². The lowest BCUT2D eigenvalue weighted by Crippen LogP contribution is -2.18. The zero-order valence-electron chi connectivity index (χ0n) is 17.6. The highest BCUT2D eigenvalue weighted by Gasteiger charge is 2.16. The molecule has 0 bridgehead atoms. The molecule has 31 heavy (non-hydrogen) atoms. The lowest BCUT2D eigenvalue weighted by atomic mass is 9.96. The monoisotopic (exact) mass is 411 g/mol. The molecule has 1 fully saturated rings.